The Morgan fingerprint density at radius 3 is 2.08 bits per heavy atom. The molecule has 1 saturated carbocycles. The fourth-order valence-corrected chi connectivity index (χ4v) is 2.44. The lowest BCUT2D eigenvalue weighted by Crippen LogP contribution is -2.41. The number of alkyl halides is 3. The predicted octanol–water partition coefficient (Wildman–Crippen LogP) is 2.22. The Labute approximate surface area is 79.3 Å². The molecular weight excluding hydrogens is 230 g/mol. The molecule has 0 bridgehead atoms. The molecule has 1 aliphatic rings. The van der Waals surface area contributed by atoms with Crippen LogP contribution in [-0.2, 0) is 0 Å². The summed E-state index contributed by atoms with van der Waals surface area (Å²) < 4.78 is 26.3. The number of hydrogen-bond donors (Lipinski definition) is 1. The van der Waals surface area contributed by atoms with Crippen LogP contribution in [0.25, 0.3) is 0 Å². The molecule has 1 fully saturated rings. The number of halogens is 3. The van der Waals surface area contributed by atoms with E-state index in [4.69, 9.17) is 5.11 Å². The van der Waals surface area contributed by atoms with Crippen LogP contribution in [0, 0.1) is 5.92 Å². The first-order chi connectivity index (χ1) is 5.52. The molecular formula is C8H13BrF2O. The molecule has 72 valence electrons. The molecule has 0 spiro atoms. The SMILES string of the molecule is CC(O)C1C(F)CC(Br)CC1F. The first-order valence-corrected chi connectivity index (χ1v) is 5.04. The molecule has 0 aromatic rings. The number of hydrogen-bond acceptors (Lipinski definition) is 1. The molecule has 0 aromatic carbocycles. The summed E-state index contributed by atoms with van der Waals surface area (Å²) in [5.41, 5.74) is 0. The molecule has 3 atom stereocenters. The number of aliphatic hydroxyl groups is 1. The fraction of sp³-hybridized carbons (Fsp3) is 1.00. The monoisotopic (exact) mass is 242 g/mol. The summed E-state index contributed by atoms with van der Waals surface area (Å²) in [7, 11) is 0. The lowest BCUT2D eigenvalue weighted by Gasteiger charge is -2.33. The minimum Gasteiger partial charge on any atom is -0.393 e. The first-order valence-electron chi connectivity index (χ1n) is 4.12. The minimum absolute atomic E-state index is 0.0856. The fourth-order valence-electron chi connectivity index (χ4n) is 1.73. The molecule has 4 heteroatoms. The number of rotatable bonds is 1. The molecule has 12 heavy (non-hydrogen) atoms. The van der Waals surface area contributed by atoms with Gasteiger partial charge >= 0.3 is 0 Å². The third-order valence-electron chi connectivity index (χ3n) is 2.35. The first kappa shape index (κ1) is 10.4. The van der Waals surface area contributed by atoms with Crippen LogP contribution in [0.3, 0.4) is 0 Å². The zero-order valence-electron chi connectivity index (χ0n) is 6.88. The molecule has 1 aliphatic carbocycles. The summed E-state index contributed by atoms with van der Waals surface area (Å²) in [6.07, 6.45) is -2.74. The van der Waals surface area contributed by atoms with Gasteiger partial charge in [-0.2, -0.15) is 0 Å². The normalized spacial score (nSPS) is 45.8. The Bertz CT molecular complexity index is 142. The molecule has 1 N–H and O–H groups in total. The molecule has 0 saturated heterocycles. The highest BCUT2D eigenvalue weighted by Crippen LogP contribution is 2.35. The third-order valence-corrected chi connectivity index (χ3v) is 3.10. The van der Waals surface area contributed by atoms with Gasteiger partial charge in [0.25, 0.3) is 0 Å². The number of aliphatic hydroxyl groups excluding tert-OH is 1. The zero-order valence-corrected chi connectivity index (χ0v) is 8.47. The van der Waals surface area contributed by atoms with E-state index in [-0.39, 0.29) is 4.83 Å². The average Bonchev–Trinajstić information content (AvgIpc) is 1.82. The van der Waals surface area contributed by atoms with Gasteiger partial charge in [-0.25, -0.2) is 8.78 Å². The predicted molar refractivity (Wildman–Crippen MR) is 46.9 cm³/mol. The van der Waals surface area contributed by atoms with E-state index < -0.39 is 24.4 Å². The van der Waals surface area contributed by atoms with Gasteiger partial charge in [0.1, 0.15) is 12.3 Å². The molecule has 0 aromatic heterocycles. The van der Waals surface area contributed by atoms with Gasteiger partial charge in [0, 0.05) is 10.7 Å². The van der Waals surface area contributed by atoms with E-state index >= 15 is 0 Å². The Balaban J connectivity index is 2.60. The summed E-state index contributed by atoms with van der Waals surface area (Å²) >= 11 is 3.18. The van der Waals surface area contributed by atoms with Crippen molar-refractivity contribution in [3.05, 3.63) is 0 Å². The van der Waals surface area contributed by atoms with Crippen LogP contribution < -0.4 is 0 Å². The summed E-state index contributed by atoms with van der Waals surface area (Å²) in [6.45, 7) is 1.44. The highest BCUT2D eigenvalue weighted by atomic mass is 79.9. The lowest BCUT2D eigenvalue weighted by molar-refractivity contribution is -0.00812. The summed E-state index contributed by atoms with van der Waals surface area (Å²) in [5, 5.41) is 9.11. The molecule has 1 rings (SSSR count). The van der Waals surface area contributed by atoms with E-state index in [9.17, 15) is 8.78 Å². The summed E-state index contributed by atoms with van der Waals surface area (Å²) in [5.74, 6) is -0.834. The van der Waals surface area contributed by atoms with Crippen LogP contribution in [0.1, 0.15) is 19.8 Å². The van der Waals surface area contributed by atoms with Crippen molar-refractivity contribution in [1.82, 2.24) is 0 Å². The summed E-state index contributed by atoms with van der Waals surface area (Å²) in [6, 6.07) is 0. The third kappa shape index (κ3) is 2.16. The minimum atomic E-state index is -1.22. The van der Waals surface area contributed by atoms with E-state index in [0.717, 1.165) is 0 Å². The maximum absolute atomic E-state index is 13.2. The van der Waals surface area contributed by atoms with Crippen LogP contribution in [-0.4, -0.2) is 28.4 Å². The molecule has 0 amide bonds. The van der Waals surface area contributed by atoms with Crippen molar-refractivity contribution in [3.63, 3.8) is 0 Å². The average molecular weight is 243 g/mol. The van der Waals surface area contributed by atoms with Gasteiger partial charge in [0.05, 0.1) is 6.10 Å². The van der Waals surface area contributed by atoms with Crippen LogP contribution in [0.5, 0.6) is 0 Å². The van der Waals surface area contributed by atoms with Crippen molar-refractivity contribution >= 4 is 15.9 Å². The standard InChI is InChI=1S/C8H13BrF2O/c1-4(12)8-6(10)2-5(9)3-7(8)11/h4-8,12H,2-3H2,1H3. The molecule has 1 nitrogen and oxygen atoms in total. The maximum Gasteiger partial charge on any atom is 0.109 e. The van der Waals surface area contributed by atoms with Crippen molar-refractivity contribution in [3.8, 4) is 0 Å². The lowest BCUT2D eigenvalue weighted by atomic mass is 9.82. The largest absolute Gasteiger partial charge is 0.393 e. The maximum atomic E-state index is 13.2. The Morgan fingerprint density at radius 2 is 1.75 bits per heavy atom. The second-order valence-corrected chi connectivity index (χ2v) is 4.71. The van der Waals surface area contributed by atoms with E-state index in [1.54, 1.807) is 0 Å². The van der Waals surface area contributed by atoms with E-state index in [0.29, 0.717) is 12.8 Å². The topological polar surface area (TPSA) is 20.2 Å². The quantitative estimate of drug-likeness (QED) is 0.700. The van der Waals surface area contributed by atoms with E-state index in [2.05, 4.69) is 15.9 Å². The van der Waals surface area contributed by atoms with Crippen LogP contribution in [0.15, 0.2) is 0 Å². The van der Waals surface area contributed by atoms with Crippen molar-refractivity contribution in [2.24, 2.45) is 5.92 Å². The Morgan fingerprint density at radius 1 is 1.33 bits per heavy atom. The van der Waals surface area contributed by atoms with Crippen molar-refractivity contribution in [2.45, 2.75) is 43.0 Å². The highest BCUT2D eigenvalue weighted by Gasteiger charge is 2.40. The Kier molecular flexibility index (Phi) is 3.47. The van der Waals surface area contributed by atoms with Crippen LogP contribution >= 0.6 is 15.9 Å². The summed E-state index contributed by atoms with van der Waals surface area (Å²) in [4.78, 5) is -0.0856. The van der Waals surface area contributed by atoms with Gasteiger partial charge in [0.15, 0.2) is 0 Å². The van der Waals surface area contributed by atoms with Gasteiger partial charge in [-0.1, -0.05) is 15.9 Å². The van der Waals surface area contributed by atoms with Crippen molar-refractivity contribution in [2.75, 3.05) is 0 Å². The van der Waals surface area contributed by atoms with Crippen LogP contribution in [0.2, 0.25) is 0 Å². The molecule has 0 radical (unpaired) electrons. The molecule has 0 aliphatic heterocycles. The van der Waals surface area contributed by atoms with Crippen molar-refractivity contribution < 1.29 is 13.9 Å². The van der Waals surface area contributed by atoms with E-state index in [1.165, 1.54) is 6.92 Å². The molecule has 3 unspecified atom stereocenters. The van der Waals surface area contributed by atoms with Gasteiger partial charge in [-0.3, -0.25) is 0 Å². The second kappa shape index (κ2) is 4.01. The second-order valence-electron chi connectivity index (χ2n) is 3.42. The van der Waals surface area contributed by atoms with Gasteiger partial charge in [-0.05, 0) is 19.8 Å². The van der Waals surface area contributed by atoms with Crippen LogP contribution in [0.4, 0.5) is 8.78 Å². The molecule has 0 heterocycles. The highest BCUT2D eigenvalue weighted by molar-refractivity contribution is 9.09. The van der Waals surface area contributed by atoms with Gasteiger partial charge in [0.2, 0.25) is 0 Å². The smallest absolute Gasteiger partial charge is 0.109 e. The zero-order chi connectivity index (χ0) is 9.30. The van der Waals surface area contributed by atoms with Crippen molar-refractivity contribution in [1.29, 1.82) is 0 Å². The van der Waals surface area contributed by atoms with E-state index in [1.807, 2.05) is 0 Å². The van der Waals surface area contributed by atoms with Gasteiger partial charge < -0.3 is 5.11 Å². The van der Waals surface area contributed by atoms with Gasteiger partial charge in [-0.15, -0.1) is 0 Å². The Hall–Kier alpha value is 0.300.